The molecule has 1 aliphatic carbocycles. The fraction of sp³-hybridized carbons (Fsp3) is 0.348. The van der Waals surface area contributed by atoms with Gasteiger partial charge < -0.3 is 9.47 Å². The Balaban J connectivity index is 1.85. The van der Waals surface area contributed by atoms with E-state index in [1.54, 1.807) is 32.6 Å². The molecule has 2 aromatic carbocycles. The van der Waals surface area contributed by atoms with E-state index in [0.29, 0.717) is 22.4 Å². The second-order valence-corrected chi connectivity index (χ2v) is 8.35. The first kappa shape index (κ1) is 20.6. The van der Waals surface area contributed by atoms with Crippen molar-refractivity contribution < 1.29 is 9.47 Å². The van der Waals surface area contributed by atoms with Crippen LogP contribution in [0.4, 0.5) is 0 Å². The van der Waals surface area contributed by atoms with Gasteiger partial charge in [-0.15, -0.1) is 0 Å². The van der Waals surface area contributed by atoms with Crippen LogP contribution in [-0.4, -0.2) is 30.1 Å². The molecule has 0 unspecified atom stereocenters. The molecule has 0 spiro atoms. The first-order chi connectivity index (χ1) is 14.6. The molecule has 1 fully saturated rings. The SMILES string of the molecule is COc1ccc(C=Nn2c(C3CCCCC3)nc3ccc(Br)cc3c2=O)c(OC)c1. The summed E-state index contributed by atoms with van der Waals surface area (Å²) < 4.78 is 13.0. The molecule has 0 radical (unpaired) electrons. The number of rotatable bonds is 5. The Morgan fingerprint density at radius 1 is 1.10 bits per heavy atom. The van der Waals surface area contributed by atoms with E-state index in [1.807, 2.05) is 24.3 Å². The van der Waals surface area contributed by atoms with Crippen molar-refractivity contribution in [1.29, 1.82) is 0 Å². The number of hydrogen-bond donors (Lipinski definition) is 0. The van der Waals surface area contributed by atoms with Gasteiger partial charge in [0.1, 0.15) is 17.3 Å². The Morgan fingerprint density at radius 2 is 1.90 bits per heavy atom. The summed E-state index contributed by atoms with van der Waals surface area (Å²) in [5, 5.41) is 5.12. The summed E-state index contributed by atoms with van der Waals surface area (Å²) in [4.78, 5) is 18.2. The first-order valence-electron chi connectivity index (χ1n) is 10.1. The molecule has 1 heterocycles. The Labute approximate surface area is 183 Å². The Kier molecular flexibility index (Phi) is 6.18. The van der Waals surface area contributed by atoms with Gasteiger partial charge in [-0.2, -0.15) is 9.78 Å². The topological polar surface area (TPSA) is 65.7 Å². The second-order valence-electron chi connectivity index (χ2n) is 7.44. The fourth-order valence-corrected chi connectivity index (χ4v) is 4.31. The molecule has 156 valence electrons. The van der Waals surface area contributed by atoms with Gasteiger partial charge in [0, 0.05) is 22.0 Å². The van der Waals surface area contributed by atoms with Gasteiger partial charge in [-0.05, 0) is 43.2 Å². The van der Waals surface area contributed by atoms with Crippen LogP contribution in [0.1, 0.15) is 49.4 Å². The van der Waals surface area contributed by atoms with E-state index >= 15 is 0 Å². The minimum absolute atomic E-state index is 0.161. The summed E-state index contributed by atoms with van der Waals surface area (Å²) >= 11 is 3.45. The Bertz CT molecular complexity index is 1150. The third-order valence-corrected chi connectivity index (χ3v) is 6.05. The van der Waals surface area contributed by atoms with Crippen LogP contribution in [0.2, 0.25) is 0 Å². The number of benzene rings is 2. The lowest BCUT2D eigenvalue weighted by atomic mass is 9.88. The molecule has 0 amide bonds. The van der Waals surface area contributed by atoms with E-state index in [2.05, 4.69) is 21.0 Å². The maximum absolute atomic E-state index is 13.4. The largest absolute Gasteiger partial charge is 0.497 e. The predicted molar refractivity (Wildman–Crippen MR) is 122 cm³/mol. The van der Waals surface area contributed by atoms with E-state index in [4.69, 9.17) is 14.5 Å². The third-order valence-electron chi connectivity index (χ3n) is 5.56. The van der Waals surface area contributed by atoms with Crippen LogP contribution in [-0.2, 0) is 0 Å². The van der Waals surface area contributed by atoms with Crippen LogP contribution in [0.3, 0.4) is 0 Å². The minimum Gasteiger partial charge on any atom is -0.497 e. The van der Waals surface area contributed by atoms with Gasteiger partial charge in [0.2, 0.25) is 0 Å². The molecule has 1 aliphatic rings. The number of aromatic nitrogens is 2. The van der Waals surface area contributed by atoms with E-state index < -0.39 is 0 Å². The van der Waals surface area contributed by atoms with Gasteiger partial charge >= 0.3 is 0 Å². The smallest absolute Gasteiger partial charge is 0.282 e. The lowest BCUT2D eigenvalue weighted by molar-refractivity contribution is 0.394. The number of halogens is 1. The van der Waals surface area contributed by atoms with Gasteiger partial charge in [-0.1, -0.05) is 35.2 Å². The predicted octanol–water partition coefficient (Wildman–Crippen LogP) is 5.11. The Hall–Kier alpha value is -2.67. The van der Waals surface area contributed by atoms with Gasteiger partial charge in [-0.25, -0.2) is 4.98 Å². The normalized spacial score (nSPS) is 15.0. The Morgan fingerprint density at radius 3 is 2.63 bits per heavy atom. The van der Waals surface area contributed by atoms with Crippen molar-refractivity contribution in [3.63, 3.8) is 0 Å². The monoisotopic (exact) mass is 469 g/mol. The minimum atomic E-state index is -0.161. The molecule has 7 heteroatoms. The zero-order valence-electron chi connectivity index (χ0n) is 17.1. The highest BCUT2D eigenvalue weighted by molar-refractivity contribution is 9.10. The summed E-state index contributed by atoms with van der Waals surface area (Å²) in [5.41, 5.74) is 1.30. The highest BCUT2D eigenvalue weighted by Crippen LogP contribution is 2.32. The number of hydrogen-bond acceptors (Lipinski definition) is 5. The molecule has 4 rings (SSSR count). The van der Waals surface area contributed by atoms with E-state index in [9.17, 15) is 4.79 Å². The molecule has 1 aromatic heterocycles. The maximum atomic E-state index is 13.4. The van der Waals surface area contributed by atoms with E-state index in [1.165, 1.54) is 11.1 Å². The molecule has 0 aliphatic heterocycles. The fourth-order valence-electron chi connectivity index (χ4n) is 3.95. The van der Waals surface area contributed by atoms with Crippen LogP contribution >= 0.6 is 15.9 Å². The summed E-state index contributed by atoms with van der Waals surface area (Å²) in [5.74, 6) is 2.29. The van der Waals surface area contributed by atoms with Crippen molar-refractivity contribution in [1.82, 2.24) is 9.66 Å². The molecular weight excluding hydrogens is 446 g/mol. The first-order valence-corrected chi connectivity index (χ1v) is 10.9. The second kappa shape index (κ2) is 9.00. The molecule has 6 nitrogen and oxygen atoms in total. The number of methoxy groups -OCH3 is 2. The average molecular weight is 470 g/mol. The van der Waals surface area contributed by atoms with Crippen LogP contribution in [0.5, 0.6) is 11.5 Å². The van der Waals surface area contributed by atoms with Crippen LogP contribution < -0.4 is 15.0 Å². The molecular formula is C23H24BrN3O3. The molecule has 30 heavy (non-hydrogen) atoms. The van der Waals surface area contributed by atoms with Crippen LogP contribution in [0.25, 0.3) is 10.9 Å². The van der Waals surface area contributed by atoms with Gasteiger partial charge in [-0.3, -0.25) is 4.79 Å². The molecule has 1 saturated carbocycles. The summed E-state index contributed by atoms with van der Waals surface area (Å²) in [7, 11) is 3.21. The van der Waals surface area contributed by atoms with Gasteiger partial charge in [0.15, 0.2) is 0 Å². The molecule has 0 atom stereocenters. The highest BCUT2D eigenvalue weighted by Gasteiger charge is 2.22. The number of fused-ring (bicyclic) bond motifs is 1. The average Bonchev–Trinajstić information content (AvgIpc) is 2.79. The standard InChI is InChI=1S/C23H24BrN3O3/c1-29-18-10-8-16(21(13-18)30-2)14-25-27-22(15-6-4-3-5-7-15)26-20-11-9-17(24)12-19(20)23(27)28/h8-15H,3-7H2,1-2H3. The molecule has 0 saturated heterocycles. The molecule has 0 bridgehead atoms. The zero-order valence-corrected chi connectivity index (χ0v) is 18.7. The van der Waals surface area contributed by atoms with E-state index in [0.717, 1.165) is 41.5 Å². The third kappa shape index (κ3) is 4.12. The quantitative estimate of drug-likeness (QED) is 0.487. The lowest BCUT2D eigenvalue weighted by Gasteiger charge is -2.22. The lowest BCUT2D eigenvalue weighted by Crippen LogP contribution is -2.25. The summed E-state index contributed by atoms with van der Waals surface area (Å²) in [6.45, 7) is 0. The molecule has 0 N–H and O–H groups in total. The van der Waals surface area contributed by atoms with Gasteiger partial charge in [0.05, 0.1) is 31.3 Å². The zero-order chi connectivity index (χ0) is 21.1. The van der Waals surface area contributed by atoms with Crippen LogP contribution in [0.15, 0.2) is 50.8 Å². The van der Waals surface area contributed by atoms with Crippen molar-refractivity contribution in [2.75, 3.05) is 14.2 Å². The van der Waals surface area contributed by atoms with Crippen molar-refractivity contribution in [3.8, 4) is 11.5 Å². The summed E-state index contributed by atoms with van der Waals surface area (Å²) in [6, 6.07) is 11.1. The highest BCUT2D eigenvalue weighted by atomic mass is 79.9. The summed E-state index contributed by atoms with van der Waals surface area (Å²) in [6.07, 6.45) is 7.22. The van der Waals surface area contributed by atoms with Crippen molar-refractivity contribution >= 4 is 33.0 Å². The van der Waals surface area contributed by atoms with Crippen molar-refractivity contribution in [2.45, 2.75) is 38.0 Å². The van der Waals surface area contributed by atoms with Gasteiger partial charge in [0.25, 0.3) is 5.56 Å². The number of ether oxygens (including phenoxy) is 2. The maximum Gasteiger partial charge on any atom is 0.282 e. The van der Waals surface area contributed by atoms with Crippen molar-refractivity contribution in [3.05, 3.63) is 62.6 Å². The molecule has 3 aromatic rings. The van der Waals surface area contributed by atoms with E-state index in [-0.39, 0.29) is 11.5 Å². The van der Waals surface area contributed by atoms with Crippen LogP contribution in [0, 0.1) is 0 Å². The van der Waals surface area contributed by atoms with Crippen molar-refractivity contribution in [2.24, 2.45) is 5.10 Å². The number of nitrogens with zero attached hydrogens (tertiary/aromatic N) is 3.